The maximum absolute atomic E-state index is 15.1. The summed E-state index contributed by atoms with van der Waals surface area (Å²) in [4.78, 5) is 156. The van der Waals surface area contributed by atoms with E-state index in [0.29, 0.717) is 39.7 Å². The monoisotopic (exact) mass is 1550 g/mol. The summed E-state index contributed by atoms with van der Waals surface area (Å²) in [5, 5.41) is 61.7. The fraction of sp³-hybridized carbons (Fsp3) is 0.456. The molecule has 0 saturated carbocycles. The van der Waals surface area contributed by atoms with Crippen molar-refractivity contribution in [1.29, 1.82) is 0 Å². The van der Waals surface area contributed by atoms with Gasteiger partial charge in [-0.1, -0.05) is 126 Å². The lowest BCUT2D eigenvalue weighted by atomic mass is 10.0. The minimum Gasteiger partial charge on any atom is -0.445 e. The molecule has 33 heteroatoms. The molecule has 1 saturated heterocycles. The van der Waals surface area contributed by atoms with Crippen molar-refractivity contribution in [1.82, 2.24) is 61.7 Å². The third-order valence-electron chi connectivity index (χ3n) is 16.4. The minimum absolute atomic E-state index is 0.00233. The first kappa shape index (κ1) is 81.4. The summed E-state index contributed by atoms with van der Waals surface area (Å²) in [6.45, 7) is 5.53. The molecule has 12 atom stereocenters. The zero-order valence-corrected chi connectivity index (χ0v) is 60.3. The number of rotatable bonds is 30. The van der Waals surface area contributed by atoms with E-state index < -0.39 is 139 Å². The van der Waals surface area contributed by atoms with Gasteiger partial charge in [-0.25, -0.2) is 13.1 Å². The van der Waals surface area contributed by atoms with Crippen molar-refractivity contribution >= 4 is 126 Å². The molecule has 4 aromatic carbocycles. The predicted molar refractivity (Wildman–Crippen MR) is 391 cm³/mol. The largest absolute Gasteiger partial charge is 0.445 e. The molecule has 1 fully saturated rings. The number of aromatic amines is 1. The Balaban J connectivity index is 1.24. The molecule has 6 rings (SSSR count). The molecule has 20 N–H and O–H groups in total. The molecule has 1 aromatic heterocycles. The highest BCUT2D eigenvalue weighted by Crippen LogP contribution is 2.25. The number of urea groups is 1. The molecule has 2 heterocycles. The van der Waals surface area contributed by atoms with E-state index in [0.717, 1.165) is 27.2 Å². The van der Waals surface area contributed by atoms with Gasteiger partial charge in [-0.3, -0.25) is 43.2 Å². The molecule has 30 nitrogen and oxygen atoms in total. The van der Waals surface area contributed by atoms with E-state index >= 15 is 9.59 Å². The number of fused-ring (bicyclic) bond motifs is 1. The number of ether oxygens (including phenoxy) is 1. The average Bonchev–Trinajstić information content (AvgIpc) is 1.72. The number of aliphatic hydroxyl groups is 3. The fourth-order valence-electron chi connectivity index (χ4n) is 10.5. The Labute approximate surface area is 607 Å². The first-order valence-electron chi connectivity index (χ1n) is 33.1. The van der Waals surface area contributed by atoms with Crippen LogP contribution < -0.4 is 73.5 Å². The SMILES string of the molecule is CC(C)[C@H](NI)C(=O)N[C@@H](CCCNC(N)=O)C(=O)Nc1ccc(COC(=O)NCCCC[C@@H]2NC(=O)[C@@H](Cc3c[nH]c4ccccc34)NC(=O)[C@H](Cc3ccccc3)NC(=O)[C@@H](NC(=O)[C@H](N)Cc3ccccc3)CSSC[C@@H](C(=O)N[C@H](CO)[C@@H](C)O)NC(=O)C([C@@H](C)O)NC2=O)cc1. The smallest absolute Gasteiger partial charge is 0.407 e. The number of nitrogens with one attached hydrogen (secondary N) is 13. The molecule has 0 aliphatic carbocycles. The van der Waals surface area contributed by atoms with E-state index in [4.69, 9.17) is 16.2 Å². The van der Waals surface area contributed by atoms with Crippen molar-refractivity contribution in [3.63, 3.8) is 0 Å². The Bertz CT molecular complexity index is 3560. The Kier molecular flexibility index (Phi) is 33.8. The van der Waals surface area contributed by atoms with Crippen LogP contribution in [0.3, 0.4) is 0 Å². The number of hydrogen-bond acceptors (Lipinski definition) is 19. The van der Waals surface area contributed by atoms with Crippen LogP contribution in [0.5, 0.6) is 0 Å². The van der Waals surface area contributed by atoms with Crippen molar-refractivity contribution < 1.29 is 72.8 Å². The maximum Gasteiger partial charge on any atom is 0.407 e. The van der Waals surface area contributed by atoms with Crippen molar-refractivity contribution in [3.8, 4) is 0 Å². The highest BCUT2D eigenvalue weighted by Gasteiger charge is 2.37. The molecule has 0 spiro atoms. The van der Waals surface area contributed by atoms with E-state index in [1.807, 2.05) is 48.8 Å². The lowest BCUT2D eigenvalue weighted by Gasteiger charge is -2.29. The number of carbonyl (C=O) groups is 11. The van der Waals surface area contributed by atoms with E-state index in [1.54, 1.807) is 103 Å². The summed E-state index contributed by atoms with van der Waals surface area (Å²) in [7, 11) is 1.98. The lowest BCUT2D eigenvalue weighted by Crippen LogP contribution is -2.62. The number of primary amides is 1. The Morgan fingerprint density at radius 3 is 1.91 bits per heavy atom. The molecule has 1 aliphatic rings. The summed E-state index contributed by atoms with van der Waals surface area (Å²) >= 11 is 1.88. The summed E-state index contributed by atoms with van der Waals surface area (Å²) in [6.07, 6.45) is -1.58. The molecule has 1 aliphatic heterocycles. The van der Waals surface area contributed by atoms with Gasteiger partial charge in [0.15, 0.2) is 0 Å². The van der Waals surface area contributed by atoms with Gasteiger partial charge in [0.2, 0.25) is 53.2 Å². The van der Waals surface area contributed by atoms with E-state index in [2.05, 4.69) is 67.0 Å². The Hall–Kier alpha value is -8.58. The number of halogens is 1. The second kappa shape index (κ2) is 42.0. The first-order valence-corrected chi connectivity index (χ1v) is 36.6. The van der Waals surface area contributed by atoms with Crippen LogP contribution in [0.4, 0.5) is 15.3 Å². The topological polar surface area (TPSA) is 470 Å². The van der Waals surface area contributed by atoms with Gasteiger partial charge in [-0.15, -0.1) is 0 Å². The molecule has 5 aromatic rings. The number of carbonyl (C=O) groups excluding carboxylic acids is 11. The summed E-state index contributed by atoms with van der Waals surface area (Å²) in [6, 6.07) is 17.6. The third kappa shape index (κ3) is 27.0. The molecule has 12 amide bonds. The van der Waals surface area contributed by atoms with Crippen LogP contribution in [0.15, 0.2) is 115 Å². The number of hydrogen-bond donors (Lipinski definition) is 18. The van der Waals surface area contributed by atoms with E-state index in [-0.39, 0.29) is 88.0 Å². The second-order valence-corrected chi connectivity index (χ2v) is 27.9. The number of H-pyrrole nitrogens is 1. The number of alkyl carbamates (subject to hydrolysis) is 1. The van der Waals surface area contributed by atoms with Gasteiger partial charge in [0, 0.05) is 83.1 Å². The Morgan fingerprint density at radius 2 is 1.27 bits per heavy atom. The normalized spacial score (nSPS) is 19.9. The number of nitrogens with two attached hydrogens (primary N) is 2. The molecule has 0 bridgehead atoms. The summed E-state index contributed by atoms with van der Waals surface area (Å²) < 4.78 is 8.39. The fourth-order valence-corrected chi connectivity index (χ4v) is 13.9. The number of para-hydroxylation sites is 1. The maximum atomic E-state index is 15.1. The van der Waals surface area contributed by atoms with Crippen LogP contribution >= 0.6 is 44.5 Å². The van der Waals surface area contributed by atoms with Gasteiger partial charge in [0.05, 0.1) is 36.9 Å². The quantitative estimate of drug-likeness (QED) is 0.0132. The van der Waals surface area contributed by atoms with Crippen LogP contribution in [0, 0.1) is 5.92 Å². The number of unbranched alkanes of at least 4 members (excludes halogenated alkanes) is 1. The Morgan fingerprint density at radius 1 is 0.653 bits per heavy atom. The number of aromatic nitrogens is 1. The van der Waals surface area contributed by atoms with Crippen LogP contribution in [-0.4, -0.2) is 189 Å². The molecule has 0 radical (unpaired) electrons. The number of aliphatic hydroxyl groups excluding tert-OH is 3. The van der Waals surface area contributed by atoms with Gasteiger partial charge in [-0.2, -0.15) is 0 Å². The van der Waals surface area contributed by atoms with Crippen molar-refractivity contribution in [2.24, 2.45) is 17.4 Å². The van der Waals surface area contributed by atoms with Crippen LogP contribution in [-0.2, 0) is 73.8 Å². The molecular formula is C68H92IN15O15S2. The molecule has 101 heavy (non-hydrogen) atoms. The average molecular weight is 1550 g/mol. The van der Waals surface area contributed by atoms with E-state index in [9.17, 15) is 58.5 Å². The summed E-state index contributed by atoms with van der Waals surface area (Å²) in [5.74, 6) is -7.64. The second-order valence-electron chi connectivity index (χ2n) is 24.7. The molecule has 548 valence electrons. The summed E-state index contributed by atoms with van der Waals surface area (Å²) in [5.41, 5.74) is 15.2. The van der Waals surface area contributed by atoms with Crippen LogP contribution in [0.1, 0.15) is 82.1 Å². The number of amides is 12. The highest BCUT2D eigenvalue weighted by atomic mass is 127. The van der Waals surface area contributed by atoms with E-state index in [1.165, 1.54) is 13.8 Å². The van der Waals surface area contributed by atoms with Crippen LogP contribution in [0.25, 0.3) is 10.9 Å². The van der Waals surface area contributed by atoms with Gasteiger partial charge >= 0.3 is 12.1 Å². The van der Waals surface area contributed by atoms with Crippen LogP contribution in [0.2, 0.25) is 0 Å². The van der Waals surface area contributed by atoms with Gasteiger partial charge in [-0.05, 0) is 98.7 Å². The highest BCUT2D eigenvalue weighted by molar-refractivity contribution is 14.1. The van der Waals surface area contributed by atoms with Gasteiger partial charge in [0.1, 0.15) is 48.9 Å². The standard InChI is InChI=1S/C68H92IN15O15S2/c1-38(2)56(84-69)65(95)77-50(23-15-29-72-67(71)97)59(89)75-45-26-24-43(25-27-45)35-99-68(98)73-28-14-13-22-49-60(90)83-57(40(4)87)66(96)82-55(64(94)80-53(34-85)39(3)86)37-101-100-36-54(81-58(88)47(70)30-41-16-7-5-8-17-41)63(93)78-51(31-42-18-9-6-10-19-42)61(91)79-52(62(92)76-49)32-44-33-74-48-21-12-11-20-46(44)48/h5-12,16-21,24-27,33,38-40,47,49-57,74,84-87H,13-15,22-23,28-32,34-37,70H2,1-4H3,(H,73,98)(H,75,89)(H,76,92)(H,77,95)(H,78,93)(H,79,91)(H,80,94)(H,81,88)(H,82,96)(H,83,90)(H3,71,72,97)/t39-,40-,47-,49+,50+,51+,52-,53-,54+,55+,56+,57?/m1/s1. The lowest BCUT2D eigenvalue weighted by molar-refractivity contribution is -0.136. The number of benzene rings is 4. The third-order valence-corrected chi connectivity index (χ3v) is 19.4. The minimum atomic E-state index is -1.79. The predicted octanol–water partition coefficient (Wildman–Crippen LogP) is 0.998. The van der Waals surface area contributed by atoms with Crippen molar-refractivity contribution in [2.45, 2.75) is 158 Å². The number of anilines is 1. The molecule has 1 unspecified atom stereocenters. The zero-order chi connectivity index (χ0) is 73.5. The van der Waals surface area contributed by atoms with Gasteiger partial charge < -0.3 is 95.0 Å². The molecular weight excluding hydrogens is 1460 g/mol. The van der Waals surface area contributed by atoms with Crippen molar-refractivity contribution in [2.75, 3.05) is 36.5 Å². The first-order chi connectivity index (χ1) is 48.3. The van der Waals surface area contributed by atoms with Crippen molar-refractivity contribution in [3.05, 3.63) is 138 Å². The zero-order valence-electron chi connectivity index (χ0n) is 56.5. The van der Waals surface area contributed by atoms with Gasteiger partial charge in [0.25, 0.3) is 0 Å².